The number of nitrogens with one attached hydrogen (secondary N) is 1. The quantitative estimate of drug-likeness (QED) is 0.862. The monoisotopic (exact) mass is 253 g/mol. The predicted molar refractivity (Wildman–Crippen MR) is 68.9 cm³/mol. The lowest BCUT2D eigenvalue weighted by Gasteiger charge is -2.24. The van der Waals surface area contributed by atoms with Crippen molar-refractivity contribution in [3.05, 3.63) is 28.8 Å². The number of hydrogen-bond acceptors (Lipinski definition) is 2. The summed E-state index contributed by atoms with van der Waals surface area (Å²) < 4.78 is 0. The Labute approximate surface area is 106 Å². The Bertz CT molecular complexity index is 414. The number of rotatable bonds is 3. The first-order chi connectivity index (χ1) is 8.16. The predicted octanol–water partition coefficient (Wildman–Crippen LogP) is 3.78. The zero-order valence-electron chi connectivity index (χ0n) is 9.58. The molecule has 1 aliphatic rings. The second-order valence-corrected chi connectivity index (χ2v) is 4.91. The summed E-state index contributed by atoms with van der Waals surface area (Å²) in [7, 11) is 0. The van der Waals surface area contributed by atoms with Gasteiger partial charge in [-0.1, -0.05) is 30.9 Å². The van der Waals surface area contributed by atoms with Gasteiger partial charge in [0.25, 0.3) is 0 Å². The van der Waals surface area contributed by atoms with Gasteiger partial charge in [0.15, 0.2) is 0 Å². The summed E-state index contributed by atoms with van der Waals surface area (Å²) in [6.45, 7) is 0. The second-order valence-electron chi connectivity index (χ2n) is 4.47. The molecule has 17 heavy (non-hydrogen) atoms. The van der Waals surface area contributed by atoms with E-state index in [0.717, 1.165) is 12.8 Å². The van der Waals surface area contributed by atoms with Crippen molar-refractivity contribution in [3.63, 3.8) is 0 Å². The van der Waals surface area contributed by atoms with E-state index >= 15 is 0 Å². The largest absolute Gasteiger partial charge is 0.478 e. The van der Waals surface area contributed by atoms with Crippen molar-refractivity contribution < 1.29 is 9.90 Å². The van der Waals surface area contributed by atoms with Crippen LogP contribution in [0.2, 0.25) is 5.02 Å². The first kappa shape index (κ1) is 12.2. The highest BCUT2D eigenvalue weighted by Crippen LogP contribution is 2.26. The highest BCUT2D eigenvalue weighted by molar-refractivity contribution is 6.31. The Morgan fingerprint density at radius 3 is 2.65 bits per heavy atom. The summed E-state index contributed by atoms with van der Waals surface area (Å²) in [5.41, 5.74) is 0.928. The number of carboxylic acid groups (broad SMARTS) is 1. The molecule has 0 bridgehead atoms. The molecule has 1 fully saturated rings. The maximum atomic E-state index is 11.1. The van der Waals surface area contributed by atoms with Gasteiger partial charge in [0.05, 0.1) is 11.3 Å². The molecule has 4 heteroatoms. The van der Waals surface area contributed by atoms with E-state index in [2.05, 4.69) is 5.32 Å². The van der Waals surface area contributed by atoms with Crippen molar-refractivity contribution in [3.8, 4) is 0 Å². The van der Waals surface area contributed by atoms with Crippen molar-refractivity contribution in [2.45, 2.75) is 38.1 Å². The number of aromatic carboxylic acids is 1. The van der Waals surface area contributed by atoms with Gasteiger partial charge in [-0.05, 0) is 31.0 Å². The minimum Gasteiger partial charge on any atom is -0.478 e. The number of hydrogen-bond donors (Lipinski definition) is 2. The molecular weight excluding hydrogens is 238 g/mol. The van der Waals surface area contributed by atoms with Crippen LogP contribution in [0.15, 0.2) is 18.2 Å². The average Bonchev–Trinajstić information content (AvgIpc) is 2.30. The van der Waals surface area contributed by atoms with E-state index < -0.39 is 5.97 Å². The van der Waals surface area contributed by atoms with E-state index in [0.29, 0.717) is 22.3 Å². The van der Waals surface area contributed by atoms with Crippen molar-refractivity contribution in [1.29, 1.82) is 0 Å². The van der Waals surface area contributed by atoms with Gasteiger partial charge in [0.2, 0.25) is 0 Å². The Morgan fingerprint density at radius 1 is 1.29 bits per heavy atom. The fraction of sp³-hybridized carbons (Fsp3) is 0.462. The zero-order chi connectivity index (χ0) is 12.3. The lowest BCUT2D eigenvalue weighted by atomic mass is 9.95. The fourth-order valence-electron chi connectivity index (χ4n) is 2.29. The maximum Gasteiger partial charge on any atom is 0.337 e. The topological polar surface area (TPSA) is 49.3 Å². The molecule has 1 aliphatic carbocycles. The summed E-state index contributed by atoms with van der Waals surface area (Å²) in [5.74, 6) is -0.917. The summed E-state index contributed by atoms with van der Waals surface area (Å²) >= 11 is 5.91. The first-order valence-electron chi connectivity index (χ1n) is 5.96. The van der Waals surface area contributed by atoms with Gasteiger partial charge >= 0.3 is 5.97 Å². The van der Waals surface area contributed by atoms with Crippen LogP contribution in [0, 0.1) is 0 Å². The van der Waals surface area contributed by atoms with Crippen LogP contribution in [-0.4, -0.2) is 17.1 Å². The molecule has 0 atom stereocenters. The van der Waals surface area contributed by atoms with E-state index in [1.807, 2.05) is 0 Å². The number of carbonyl (C=O) groups is 1. The van der Waals surface area contributed by atoms with E-state index in [-0.39, 0.29) is 0 Å². The van der Waals surface area contributed by atoms with Crippen molar-refractivity contribution in [2.24, 2.45) is 0 Å². The molecule has 0 radical (unpaired) electrons. The molecule has 1 aromatic rings. The summed E-state index contributed by atoms with van der Waals surface area (Å²) in [6, 6.07) is 5.23. The number of carboxylic acids is 1. The van der Waals surface area contributed by atoms with Crippen LogP contribution < -0.4 is 5.32 Å². The Kier molecular flexibility index (Phi) is 3.89. The second kappa shape index (κ2) is 5.41. The van der Waals surface area contributed by atoms with Gasteiger partial charge in [0.1, 0.15) is 0 Å². The zero-order valence-corrected chi connectivity index (χ0v) is 10.3. The summed E-state index contributed by atoms with van der Waals surface area (Å²) in [4.78, 5) is 11.1. The van der Waals surface area contributed by atoms with Gasteiger partial charge in [-0.2, -0.15) is 0 Å². The molecule has 0 aromatic heterocycles. The van der Waals surface area contributed by atoms with Crippen LogP contribution in [0.4, 0.5) is 5.69 Å². The third-order valence-corrected chi connectivity index (χ3v) is 3.41. The molecule has 3 nitrogen and oxygen atoms in total. The van der Waals surface area contributed by atoms with E-state index in [4.69, 9.17) is 16.7 Å². The SMILES string of the molecule is O=C(O)c1ccc(Cl)cc1NC1CCCCC1. The van der Waals surface area contributed by atoms with Crippen LogP contribution in [0.3, 0.4) is 0 Å². The van der Waals surface area contributed by atoms with Gasteiger partial charge in [0, 0.05) is 11.1 Å². The lowest BCUT2D eigenvalue weighted by Crippen LogP contribution is -2.23. The number of anilines is 1. The lowest BCUT2D eigenvalue weighted by molar-refractivity contribution is 0.0698. The molecule has 2 N–H and O–H groups in total. The molecule has 0 amide bonds. The molecule has 0 spiro atoms. The minimum atomic E-state index is -0.917. The fourth-order valence-corrected chi connectivity index (χ4v) is 2.46. The Hall–Kier alpha value is -1.22. The first-order valence-corrected chi connectivity index (χ1v) is 6.34. The van der Waals surface area contributed by atoms with Gasteiger partial charge < -0.3 is 10.4 Å². The minimum absolute atomic E-state index is 0.292. The third-order valence-electron chi connectivity index (χ3n) is 3.18. The van der Waals surface area contributed by atoms with Crippen LogP contribution in [-0.2, 0) is 0 Å². The molecule has 2 rings (SSSR count). The van der Waals surface area contributed by atoms with Crippen LogP contribution in [0.25, 0.3) is 0 Å². The molecule has 92 valence electrons. The Balaban J connectivity index is 2.17. The third kappa shape index (κ3) is 3.13. The van der Waals surface area contributed by atoms with Gasteiger partial charge in [-0.25, -0.2) is 4.79 Å². The number of halogens is 1. The smallest absolute Gasteiger partial charge is 0.337 e. The standard InChI is InChI=1S/C13H16ClNO2/c14-9-6-7-11(13(16)17)12(8-9)15-10-4-2-1-3-5-10/h6-8,10,15H,1-5H2,(H,16,17). The van der Waals surface area contributed by atoms with Crippen molar-refractivity contribution in [2.75, 3.05) is 5.32 Å². The molecule has 1 aromatic carbocycles. The van der Waals surface area contributed by atoms with Crippen LogP contribution in [0.1, 0.15) is 42.5 Å². The van der Waals surface area contributed by atoms with Gasteiger partial charge in [-0.3, -0.25) is 0 Å². The van der Waals surface area contributed by atoms with E-state index in [9.17, 15) is 4.79 Å². The molecular formula is C13H16ClNO2. The van der Waals surface area contributed by atoms with Crippen molar-refractivity contribution >= 4 is 23.3 Å². The van der Waals surface area contributed by atoms with Crippen LogP contribution in [0.5, 0.6) is 0 Å². The summed E-state index contributed by atoms with van der Waals surface area (Å²) in [6.07, 6.45) is 5.90. The normalized spacial score (nSPS) is 16.8. The molecule has 0 heterocycles. The molecule has 0 saturated heterocycles. The number of benzene rings is 1. The summed E-state index contributed by atoms with van der Waals surface area (Å²) in [5, 5.41) is 13.0. The Morgan fingerprint density at radius 2 is 2.00 bits per heavy atom. The van der Waals surface area contributed by atoms with Crippen molar-refractivity contribution in [1.82, 2.24) is 0 Å². The molecule has 0 unspecified atom stereocenters. The average molecular weight is 254 g/mol. The maximum absolute atomic E-state index is 11.1. The van der Waals surface area contributed by atoms with E-state index in [1.54, 1.807) is 18.2 Å². The van der Waals surface area contributed by atoms with Gasteiger partial charge in [-0.15, -0.1) is 0 Å². The highest BCUT2D eigenvalue weighted by atomic mass is 35.5. The van der Waals surface area contributed by atoms with E-state index in [1.165, 1.54) is 19.3 Å². The van der Waals surface area contributed by atoms with Crippen LogP contribution >= 0.6 is 11.6 Å². The molecule has 0 aliphatic heterocycles. The highest BCUT2D eigenvalue weighted by Gasteiger charge is 2.16. The molecule has 1 saturated carbocycles.